The highest BCUT2D eigenvalue weighted by Crippen LogP contribution is 2.34. The van der Waals surface area contributed by atoms with Gasteiger partial charge in [-0.05, 0) is 43.0 Å². The summed E-state index contributed by atoms with van der Waals surface area (Å²) in [5.74, 6) is 1.12. The molecule has 3 heterocycles. The molecular weight excluding hydrogens is 330 g/mol. The van der Waals surface area contributed by atoms with Crippen molar-refractivity contribution in [3.8, 4) is 0 Å². The fourth-order valence-corrected chi connectivity index (χ4v) is 3.87. The third kappa shape index (κ3) is 2.83. The number of benzene rings is 1. The zero-order chi connectivity index (χ0) is 16.7. The first-order valence-electron chi connectivity index (χ1n) is 8.57. The van der Waals surface area contributed by atoms with Gasteiger partial charge >= 0.3 is 0 Å². The molecule has 1 aliphatic heterocycles. The molecule has 0 aliphatic carbocycles. The highest BCUT2D eigenvalue weighted by molar-refractivity contribution is 5.95. The Balaban J connectivity index is 0.00000182. The Hall–Kier alpha value is -2.26. The molecule has 2 aromatic heterocycles. The first-order chi connectivity index (χ1) is 11.7. The van der Waals surface area contributed by atoms with Crippen molar-refractivity contribution in [1.29, 1.82) is 0 Å². The van der Waals surface area contributed by atoms with Crippen LogP contribution in [0.2, 0.25) is 0 Å². The number of allylic oxidation sites excluding steroid dienone is 1. The number of rotatable bonds is 3. The van der Waals surface area contributed by atoms with Gasteiger partial charge < -0.3 is 9.47 Å². The molecule has 1 aliphatic rings. The average Bonchev–Trinajstić information content (AvgIpc) is 2.87. The van der Waals surface area contributed by atoms with Gasteiger partial charge in [-0.3, -0.25) is 0 Å². The standard InChI is InChI=1S/C21H23N3.ClH/c1-4-12-24-16(3)15(2)20-19(24)9-11-22-21(20)23-13-10-17-7-5-6-8-18(17)14-23;/h4-9,11H,1,10,12-14H2,2-3H3;1H. The van der Waals surface area contributed by atoms with E-state index in [0.717, 1.165) is 31.9 Å². The van der Waals surface area contributed by atoms with Crippen LogP contribution >= 0.6 is 12.4 Å². The highest BCUT2D eigenvalue weighted by Gasteiger charge is 2.22. The first kappa shape index (κ1) is 17.6. The Bertz CT molecular complexity index is 926. The Kier molecular flexibility index (Phi) is 4.87. The summed E-state index contributed by atoms with van der Waals surface area (Å²) in [6.45, 7) is 11.1. The van der Waals surface area contributed by atoms with Crippen LogP contribution in [0.25, 0.3) is 10.9 Å². The van der Waals surface area contributed by atoms with E-state index in [4.69, 9.17) is 4.98 Å². The van der Waals surface area contributed by atoms with Gasteiger partial charge in [0.25, 0.3) is 0 Å². The van der Waals surface area contributed by atoms with Crippen LogP contribution in [-0.2, 0) is 19.5 Å². The molecule has 0 bridgehead atoms. The molecule has 4 rings (SSSR count). The number of aryl methyl sites for hydroxylation is 1. The zero-order valence-corrected chi connectivity index (χ0v) is 15.6. The van der Waals surface area contributed by atoms with Crippen molar-refractivity contribution in [2.45, 2.75) is 33.4 Å². The minimum atomic E-state index is 0. The van der Waals surface area contributed by atoms with Crippen LogP contribution in [0, 0.1) is 13.8 Å². The smallest absolute Gasteiger partial charge is 0.138 e. The molecule has 0 radical (unpaired) electrons. The van der Waals surface area contributed by atoms with Gasteiger partial charge in [-0.15, -0.1) is 19.0 Å². The van der Waals surface area contributed by atoms with Crippen LogP contribution in [0.15, 0.2) is 49.2 Å². The van der Waals surface area contributed by atoms with E-state index in [1.165, 1.54) is 33.3 Å². The normalized spacial score (nSPS) is 13.4. The summed E-state index contributed by atoms with van der Waals surface area (Å²) in [6, 6.07) is 10.9. The van der Waals surface area contributed by atoms with Crippen molar-refractivity contribution in [2.75, 3.05) is 11.4 Å². The summed E-state index contributed by atoms with van der Waals surface area (Å²) in [6.07, 6.45) is 4.99. The first-order valence-corrected chi connectivity index (χ1v) is 8.57. The van der Waals surface area contributed by atoms with Gasteiger partial charge in [-0.2, -0.15) is 0 Å². The molecule has 4 heteroatoms. The van der Waals surface area contributed by atoms with E-state index < -0.39 is 0 Å². The second-order valence-electron chi connectivity index (χ2n) is 6.58. The largest absolute Gasteiger partial charge is 0.351 e. The quantitative estimate of drug-likeness (QED) is 0.629. The summed E-state index contributed by atoms with van der Waals surface area (Å²) in [5.41, 5.74) is 6.78. The number of hydrogen-bond donors (Lipinski definition) is 0. The van der Waals surface area contributed by atoms with Crippen molar-refractivity contribution in [3.05, 3.63) is 71.6 Å². The molecule has 0 spiro atoms. The minimum Gasteiger partial charge on any atom is -0.351 e. The maximum absolute atomic E-state index is 4.77. The van der Waals surface area contributed by atoms with E-state index in [-0.39, 0.29) is 12.4 Å². The van der Waals surface area contributed by atoms with Gasteiger partial charge in [-0.1, -0.05) is 30.3 Å². The second-order valence-corrected chi connectivity index (χ2v) is 6.58. The lowest BCUT2D eigenvalue weighted by molar-refractivity contribution is 0.724. The SMILES string of the molecule is C=CCn1c(C)c(C)c2c(N3CCc4ccccc4C3)nccc21.Cl. The molecular formula is C21H24ClN3. The van der Waals surface area contributed by atoms with Crippen LogP contribution < -0.4 is 4.90 Å². The van der Waals surface area contributed by atoms with Crippen LogP contribution in [0.3, 0.4) is 0 Å². The number of hydrogen-bond acceptors (Lipinski definition) is 2. The Labute approximate surface area is 155 Å². The van der Waals surface area contributed by atoms with Crippen molar-refractivity contribution < 1.29 is 0 Å². The Morgan fingerprint density at radius 2 is 1.92 bits per heavy atom. The van der Waals surface area contributed by atoms with Crippen molar-refractivity contribution in [2.24, 2.45) is 0 Å². The molecule has 0 N–H and O–H groups in total. The molecule has 0 fully saturated rings. The van der Waals surface area contributed by atoms with Gasteiger partial charge in [0, 0.05) is 36.9 Å². The Morgan fingerprint density at radius 1 is 1.16 bits per heavy atom. The molecule has 3 nitrogen and oxygen atoms in total. The summed E-state index contributed by atoms with van der Waals surface area (Å²) < 4.78 is 2.33. The fraction of sp³-hybridized carbons (Fsp3) is 0.286. The van der Waals surface area contributed by atoms with E-state index in [2.05, 4.69) is 60.2 Å². The lowest BCUT2D eigenvalue weighted by Crippen LogP contribution is -2.31. The molecule has 3 aromatic rings. The number of halogens is 1. The molecule has 0 amide bonds. The number of nitrogens with zero attached hydrogens (tertiary/aromatic N) is 3. The van der Waals surface area contributed by atoms with Gasteiger partial charge in [0.2, 0.25) is 0 Å². The van der Waals surface area contributed by atoms with E-state index in [1.54, 1.807) is 0 Å². The van der Waals surface area contributed by atoms with Crippen molar-refractivity contribution in [1.82, 2.24) is 9.55 Å². The molecule has 0 saturated carbocycles. The topological polar surface area (TPSA) is 21.1 Å². The summed E-state index contributed by atoms with van der Waals surface area (Å²) in [4.78, 5) is 7.19. The van der Waals surface area contributed by atoms with E-state index in [0.29, 0.717) is 0 Å². The molecule has 130 valence electrons. The van der Waals surface area contributed by atoms with Crippen molar-refractivity contribution in [3.63, 3.8) is 0 Å². The van der Waals surface area contributed by atoms with Crippen LogP contribution in [0.5, 0.6) is 0 Å². The molecule has 1 aromatic carbocycles. The van der Waals surface area contributed by atoms with Crippen LogP contribution in [0.4, 0.5) is 5.82 Å². The number of aromatic nitrogens is 2. The molecule has 0 atom stereocenters. The summed E-state index contributed by atoms with van der Waals surface area (Å²) in [5, 5.41) is 1.29. The predicted octanol–water partition coefficient (Wildman–Crippen LogP) is 4.82. The summed E-state index contributed by atoms with van der Waals surface area (Å²) >= 11 is 0. The zero-order valence-electron chi connectivity index (χ0n) is 14.8. The lowest BCUT2D eigenvalue weighted by atomic mass is 9.99. The van der Waals surface area contributed by atoms with Gasteiger partial charge in [-0.25, -0.2) is 4.98 Å². The van der Waals surface area contributed by atoms with Gasteiger partial charge in [0.15, 0.2) is 0 Å². The fourth-order valence-electron chi connectivity index (χ4n) is 3.87. The number of fused-ring (bicyclic) bond motifs is 2. The maximum Gasteiger partial charge on any atom is 0.138 e. The third-order valence-corrected chi connectivity index (χ3v) is 5.26. The van der Waals surface area contributed by atoms with E-state index in [1.807, 2.05) is 12.3 Å². The second kappa shape index (κ2) is 6.93. The monoisotopic (exact) mass is 353 g/mol. The average molecular weight is 354 g/mol. The van der Waals surface area contributed by atoms with Gasteiger partial charge in [0.1, 0.15) is 5.82 Å². The summed E-state index contributed by atoms with van der Waals surface area (Å²) in [7, 11) is 0. The van der Waals surface area contributed by atoms with Crippen LogP contribution in [0.1, 0.15) is 22.4 Å². The minimum absolute atomic E-state index is 0. The maximum atomic E-state index is 4.77. The molecule has 25 heavy (non-hydrogen) atoms. The predicted molar refractivity (Wildman–Crippen MR) is 108 cm³/mol. The van der Waals surface area contributed by atoms with Crippen LogP contribution in [-0.4, -0.2) is 16.1 Å². The highest BCUT2D eigenvalue weighted by atomic mass is 35.5. The number of anilines is 1. The van der Waals surface area contributed by atoms with Gasteiger partial charge in [0.05, 0.1) is 5.52 Å². The van der Waals surface area contributed by atoms with E-state index >= 15 is 0 Å². The molecule has 0 saturated heterocycles. The lowest BCUT2D eigenvalue weighted by Gasteiger charge is -2.30. The number of pyridine rings is 1. The van der Waals surface area contributed by atoms with E-state index in [9.17, 15) is 0 Å². The molecule has 0 unspecified atom stereocenters. The Morgan fingerprint density at radius 3 is 2.68 bits per heavy atom. The van der Waals surface area contributed by atoms with Crippen molar-refractivity contribution >= 4 is 29.1 Å². The third-order valence-electron chi connectivity index (χ3n) is 5.26.